The van der Waals surface area contributed by atoms with E-state index in [1.807, 2.05) is 43.3 Å². The molecule has 1 aliphatic heterocycles. The van der Waals surface area contributed by atoms with E-state index in [0.717, 1.165) is 16.5 Å². The van der Waals surface area contributed by atoms with Crippen LogP contribution < -0.4 is 5.01 Å². The topological polar surface area (TPSA) is 32.8 Å². The van der Waals surface area contributed by atoms with Gasteiger partial charge in [0.05, 0.1) is 18.9 Å². The van der Waals surface area contributed by atoms with E-state index in [1.54, 1.807) is 5.01 Å². The minimum atomic E-state index is 0.0781. The Kier molecular flexibility index (Phi) is 4.62. The van der Waals surface area contributed by atoms with Crippen LogP contribution in [-0.4, -0.2) is 37.2 Å². The summed E-state index contributed by atoms with van der Waals surface area (Å²) in [5.41, 5.74) is 0.883. The molecule has 0 saturated carbocycles. The summed E-state index contributed by atoms with van der Waals surface area (Å²) < 4.78 is 5.40. The summed E-state index contributed by atoms with van der Waals surface area (Å²) >= 11 is 6.30. The Hall–Kier alpha value is -1.62. The lowest BCUT2D eigenvalue weighted by molar-refractivity contribution is -0.122. The first-order valence-electron chi connectivity index (χ1n) is 7.55. The molecule has 22 heavy (non-hydrogen) atoms. The van der Waals surface area contributed by atoms with Crippen molar-refractivity contribution in [3.63, 3.8) is 0 Å². The first kappa shape index (κ1) is 15.3. The van der Waals surface area contributed by atoms with Crippen LogP contribution in [0.4, 0.5) is 5.69 Å². The number of anilines is 1. The third kappa shape index (κ3) is 2.82. The molecule has 4 nitrogen and oxygen atoms in total. The molecular formula is C17H19ClN2O2. The summed E-state index contributed by atoms with van der Waals surface area (Å²) in [6, 6.07) is 11.7. The van der Waals surface area contributed by atoms with E-state index < -0.39 is 0 Å². The van der Waals surface area contributed by atoms with Gasteiger partial charge in [0.25, 0.3) is 0 Å². The average molecular weight is 319 g/mol. The predicted octanol–water partition coefficient (Wildman–Crippen LogP) is 3.48. The summed E-state index contributed by atoms with van der Waals surface area (Å²) in [6.45, 7) is 4.58. The Bertz CT molecular complexity index is 683. The highest BCUT2D eigenvalue weighted by Gasteiger charge is 2.25. The summed E-state index contributed by atoms with van der Waals surface area (Å²) in [6.07, 6.45) is 0.453. The van der Waals surface area contributed by atoms with Gasteiger partial charge in [0.1, 0.15) is 0 Å². The molecule has 2 aromatic rings. The predicted molar refractivity (Wildman–Crippen MR) is 89.1 cm³/mol. The quantitative estimate of drug-likeness (QED) is 0.868. The first-order valence-corrected chi connectivity index (χ1v) is 7.93. The van der Waals surface area contributed by atoms with Gasteiger partial charge < -0.3 is 4.74 Å². The second-order valence-corrected chi connectivity index (χ2v) is 5.64. The Labute approximate surface area is 135 Å². The van der Waals surface area contributed by atoms with E-state index in [2.05, 4.69) is 5.01 Å². The van der Waals surface area contributed by atoms with E-state index in [4.69, 9.17) is 16.3 Å². The molecule has 0 bridgehead atoms. The van der Waals surface area contributed by atoms with Gasteiger partial charge >= 0.3 is 0 Å². The Morgan fingerprint density at radius 1 is 1.18 bits per heavy atom. The number of rotatable bonds is 3. The molecule has 1 amide bonds. The number of ether oxygens (including phenoxy) is 1. The molecule has 3 rings (SSSR count). The lowest BCUT2D eigenvalue weighted by Crippen LogP contribution is -2.51. The molecule has 116 valence electrons. The number of hydrogen-bond donors (Lipinski definition) is 0. The van der Waals surface area contributed by atoms with Gasteiger partial charge in [-0.2, -0.15) is 0 Å². The zero-order chi connectivity index (χ0) is 15.5. The average Bonchev–Trinajstić information content (AvgIpc) is 2.58. The molecule has 0 aliphatic carbocycles. The summed E-state index contributed by atoms with van der Waals surface area (Å²) in [7, 11) is 0. The van der Waals surface area contributed by atoms with E-state index in [-0.39, 0.29) is 5.91 Å². The van der Waals surface area contributed by atoms with Crippen molar-refractivity contribution in [3.8, 4) is 0 Å². The summed E-state index contributed by atoms with van der Waals surface area (Å²) in [5, 5.41) is 6.50. The van der Waals surface area contributed by atoms with E-state index >= 15 is 0 Å². The number of carbonyl (C=O) groups excluding carboxylic acids is 1. The molecule has 0 N–H and O–H groups in total. The molecule has 1 heterocycles. The normalized spacial score (nSPS) is 15.9. The molecule has 0 unspecified atom stereocenters. The van der Waals surface area contributed by atoms with Crippen molar-refractivity contribution >= 4 is 34.0 Å². The largest absolute Gasteiger partial charge is 0.379 e. The van der Waals surface area contributed by atoms with E-state index in [1.165, 1.54) is 0 Å². The summed E-state index contributed by atoms with van der Waals surface area (Å²) in [5.74, 6) is 0.0781. The fourth-order valence-corrected chi connectivity index (χ4v) is 3.01. The Morgan fingerprint density at radius 2 is 1.86 bits per heavy atom. The second kappa shape index (κ2) is 6.65. The highest BCUT2D eigenvalue weighted by Crippen LogP contribution is 2.33. The van der Waals surface area contributed by atoms with Crippen molar-refractivity contribution in [2.75, 3.05) is 31.3 Å². The van der Waals surface area contributed by atoms with Crippen molar-refractivity contribution in [2.24, 2.45) is 0 Å². The van der Waals surface area contributed by atoms with E-state index in [9.17, 15) is 4.79 Å². The van der Waals surface area contributed by atoms with Crippen molar-refractivity contribution in [2.45, 2.75) is 13.3 Å². The number of benzene rings is 2. The molecule has 2 aromatic carbocycles. The maximum Gasteiger partial charge on any atom is 0.241 e. The van der Waals surface area contributed by atoms with Gasteiger partial charge in [-0.1, -0.05) is 42.8 Å². The lowest BCUT2D eigenvalue weighted by atomic mass is 10.1. The highest BCUT2D eigenvalue weighted by atomic mass is 35.5. The van der Waals surface area contributed by atoms with Gasteiger partial charge in [-0.25, -0.2) is 10.0 Å². The molecule has 0 atom stereocenters. The van der Waals surface area contributed by atoms with Crippen LogP contribution >= 0.6 is 11.6 Å². The molecule has 0 radical (unpaired) electrons. The zero-order valence-corrected chi connectivity index (χ0v) is 13.3. The molecule has 1 saturated heterocycles. The number of morpholine rings is 1. The SMILES string of the molecule is CCC(=O)N(c1ccc(Cl)c2ccccc12)N1CCOCC1. The van der Waals surface area contributed by atoms with Crippen LogP contribution in [0, 0.1) is 0 Å². The third-order valence-corrected chi connectivity index (χ3v) is 4.21. The molecule has 5 heteroatoms. The van der Waals surface area contributed by atoms with E-state index in [0.29, 0.717) is 37.7 Å². The van der Waals surface area contributed by atoms with Crippen molar-refractivity contribution in [1.82, 2.24) is 5.01 Å². The van der Waals surface area contributed by atoms with Gasteiger partial charge in [-0.3, -0.25) is 4.79 Å². The van der Waals surface area contributed by atoms with Crippen LogP contribution in [0.15, 0.2) is 36.4 Å². The van der Waals surface area contributed by atoms with Crippen LogP contribution in [0.2, 0.25) is 5.02 Å². The molecule has 0 aromatic heterocycles. The van der Waals surface area contributed by atoms with Crippen molar-refractivity contribution in [1.29, 1.82) is 0 Å². The van der Waals surface area contributed by atoms with Crippen LogP contribution in [-0.2, 0) is 9.53 Å². The number of nitrogens with zero attached hydrogens (tertiary/aromatic N) is 2. The Morgan fingerprint density at radius 3 is 2.55 bits per heavy atom. The molecular weight excluding hydrogens is 300 g/mol. The number of hydrogen-bond acceptors (Lipinski definition) is 3. The van der Waals surface area contributed by atoms with Crippen molar-refractivity contribution < 1.29 is 9.53 Å². The number of carbonyl (C=O) groups is 1. The number of halogens is 1. The van der Waals surface area contributed by atoms with Gasteiger partial charge in [0, 0.05) is 35.3 Å². The monoisotopic (exact) mass is 318 g/mol. The minimum absolute atomic E-state index is 0.0781. The molecule has 0 spiro atoms. The maximum atomic E-state index is 12.6. The van der Waals surface area contributed by atoms with Gasteiger partial charge in [0.2, 0.25) is 5.91 Å². The first-order chi connectivity index (χ1) is 10.7. The maximum absolute atomic E-state index is 12.6. The van der Waals surface area contributed by atoms with Crippen LogP contribution in [0.25, 0.3) is 10.8 Å². The summed E-state index contributed by atoms with van der Waals surface area (Å²) in [4.78, 5) is 12.6. The fourth-order valence-electron chi connectivity index (χ4n) is 2.78. The number of fused-ring (bicyclic) bond motifs is 1. The zero-order valence-electron chi connectivity index (χ0n) is 12.6. The number of amides is 1. The smallest absolute Gasteiger partial charge is 0.241 e. The van der Waals surface area contributed by atoms with Crippen molar-refractivity contribution in [3.05, 3.63) is 41.4 Å². The number of hydrazine groups is 1. The second-order valence-electron chi connectivity index (χ2n) is 5.24. The lowest BCUT2D eigenvalue weighted by Gasteiger charge is -2.37. The highest BCUT2D eigenvalue weighted by molar-refractivity contribution is 6.36. The minimum Gasteiger partial charge on any atom is -0.379 e. The van der Waals surface area contributed by atoms with Crippen LogP contribution in [0.3, 0.4) is 0 Å². The van der Waals surface area contributed by atoms with Gasteiger partial charge in [-0.05, 0) is 12.1 Å². The fraction of sp³-hybridized carbons (Fsp3) is 0.353. The van der Waals surface area contributed by atoms with Gasteiger partial charge in [-0.15, -0.1) is 0 Å². The molecule has 1 aliphatic rings. The van der Waals surface area contributed by atoms with Crippen LogP contribution in [0.5, 0.6) is 0 Å². The van der Waals surface area contributed by atoms with Crippen LogP contribution in [0.1, 0.15) is 13.3 Å². The Balaban J connectivity index is 2.11. The van der Waals surface area contributed by atoms with Gasteiger partial charge in [0.15, 0.2) is 0 Å². The molecule has 1 fully saturated rings. The third-order valence-electron chi connectivity index (χ3n) is 3.89. The standard InChI is InChI=1S/C17H19ClN2O2/c1-2-17(21)20(19-9-11-22-12-10-19)16-8-7-15(18)13-5-3-4-6-14(13)16/h3-8H,2,9-12H2,1H3.